The van der Waals surface area contributed by atoms with Crippen molar-refractivity contribution in [2.24, 2.45) is 0 Å². The van der Waals surface area contributed by atoms with E-state index in [-0.39, 0.29) is 0 Å². The molecule has 0 unspecified atom stereocenters. The largest absolute Gasteiger partial charge is 0.306 e. The molecule has 2 heterocycles. The van der Waals surface area contributed by atoms with Crippen LogP contribution in [0.2, 0.25) is 0 Å². The number of halogens is 1. The molecule has 7 heteroatoms. The second kappa shape index (κ2) is 4.49. The molecule has 5 nitrogen and oxygen atoms in total. The fraction of sp³-hybridized carbons (Fsp3) is 0.273. The van der Waals surface area contributed by atoms with Crippen molar-refractivity contribution < 1.29 is 12.3 Å². The number of rotatable bonds is 3. The lowest BCUT2D eigenvalue weighted by Crippen LogP contribution is -1.99. The van der Waals surface area contributed by atoms with Gasteiger partial charge in [-0.25, -0.2) is 9.67 Å². The van der Waals surface area contributed by atoms with Crippen molar-refractivity contribution in [1.82, 2.24) is 14.8 Å². The molecule has 0 aliphatic carbocycles. The topological polar surface area (TPSA) is 64.8 Å². The summed E-state index contributed by atoms with van der Waals surface area (Å²) >= 11 is 0. The fourth-order valence-electron chi connectivity index (χ4n) is 1.60. The normalized spacial score (nSPS) is 11.7. The highest BCUT2D eigenvalue weighted by Crippen LogP contribution is 2.14. The Balaban J connectivity index is 2.40. The van der Waals surface area contributed by atoms with Gasteiger partial charge in [-0.2, -0.15) is 13.5 Å². The molecule has 0 spiro atoms. The summed E-state index contributed by atoms with van der Waals surface area (Å²) in [7, 11) is -4.55. The first-order valence-corrected chi connectivity index (χ1v) is 6.82. The SMILES string of the molecule is Cc1cccc(-n2cc(CS(=O)(=O)F)c(C)n2)n1. The molecule has 18 heavy (non-hydrogen) atoms. The Morgan fingerprint density at radius 3 is 2.67 bits per heavy atom. The van der Waals surface area contributed by atoms with E-state index in [0.29, 0.717) is 17.1 Å². The van der Waals surface area contributed by atoms with Gasteiger partial charge < -0.3 is 0 Å². The standard InChI is InChI=1S/C11H12FN3O2S/c1-8-4-3-5-11(13-8)15-6-10(9(2)14-15)7-18(12,16)17/h3-6H,7H2,1-2H3. The molecular weight excluding hydrogens is 257 g/mol. The minimum atomic E-state index is -4.55. The van der Waals surface area contributed by atoms with Gasteiger partial charge in [0.2, 0.25) is 0 Å². The molecule has 0 aliphatic rings. The summed E-state index contributed by atoms with van der Waals surface area (Å²) in [5.74, 6) is -0.0920. The molecule has 0 aromatic carbocycles. The van der Waals surface area contributed by atoms with Gasteiger partial charge in [-0.3, -0.25) is 0 Å². The van der Waals surface area contributed by atoms with Crippen molar-refractivity contribution in [2.75, 3.05) is 0 Å². The molecule has 0 fully saturated rings. The third-order valence-corrected chi connectivity index (χ3v) is 3.09. The van der Waals surface area contributed by atoms with Gasteiger partial charge in [0.1, 0.15) is 5.75 Å². The third-order valence-electron chi connectivity index (χ3n) is 2.44. The zero-order valence-corrected chi connectivity index (χ0v) is 10.8. The highest BCUT2D eigenvalue weighted by molar-refractivity contribution is 7.85. The number of hydrogen-bond donors (Lipinski definition) is 0. The number of aromatic nitrogens is 3. The zero-order chi connectivity index (χ0) is 13.3. The molecule has 2 aromatic rings. The van der Waals surface area contributed by atoms with Crippen LogP contribution in [0.3, 0.4) is 0 Å². The van der Waals surface area contributed by atoms with Gasteiger partial charge in [0.05, 0.1) is 5.69 Å². The molecule has 0 N–H and O–H groups in total. The lowest BCUT2D eigenvalue weighted by molar-refractivity contribution is 0.551. The highest BCUT2D eigenvalue weighted by Gasteiger charge is 2.15. The van der Waals surface area contributed by atoms with Gasteiger partial charge in [-0.1, -0.05) is 6.07 Å². The minimum Gasteiger partial charge on any atom is -0.234 e. The van der Waals surface area contributed by atoms with E-state index in [2.05, 4.69) is 10.1 Å². The number of aryl methyl sites for hydroxylation is 2. The maximum atomic E-state index is 12.7. The van der Waals surface area contributed by atoms with E-state index < -0.39 is 16.0 Å². The van der Waals surface area contributed by atoms with Gasteiger partial charge in [-0.15, -0.1) is 3.89 Å². The predicted octanol–water partition coefficient (Wildman–Crippen LogP) is 1.68. The van der Waals surface area contributed by atoms with E-state index in [1.54, 1.807) is 13.0 Å². The summed E-state index contributed by atoms with van der Waals surface area (Å²) in [6, 6.07) is 5.40. The summed E-state index contributed by atoms with van der Waals surface area (Å²) in [6.07, 6.45) is 1.48. The van der Waals surface area contributed by atoms with E-state index >= 15 is 0 Å². The summed E-state index contributed by atoms with van der Waals surface area (Å²) < 4.78 is 35.4. The van der Waals surface area contributed by atoms with E-state index in [1.807, 2.05) is 19.1 Å². The van der Waals surface area contributed by atoms with Gasteiger partial charge in [0.25, 0.3) is 0 Å². The quantitative estimate of drug-likeness (QED) is 0.795. The van der Waals surface area contributed by atoms with E-state index in [1.165, 1.54) is 10.9 Å². The van der Waals surface area contributed by atoms with Crippen LogP contribution in [0.1, 0.15) is 17.0 Å². The lowest BCUT2D eigenvalue weighted by atomic mass is 10.3. The lowest BCUT2D eigenvalue weighted by Gasteiger charge is -2.00. The van der Waals surface area contributed by atoms with E-state index in [4.69, 9.17) is 0 Å². The summed E-state index contributed by atoms with van der Waals surface area (Å²) in [5, 5.41) is 4.13. The molecule has 0 saturated carbocycles. The second-order valence-electron chi connectivity index (χ2n) is 4.00. The maximum absolute atomic E-state index is 12.7. The average molecular weight is 269 g/mol. The van der Waals surface area contributed by atoms with Crippen LogP contribution in [0.5, 0.6) is 0 Å². The third kappa shape index (κ3) is 2.92. The predicted molar refractivity (Wildman–Crippen MR) is 64.6 cm³/mol. The number of pyridine rings is 1. The van der Waals surface area contributed by atoms with Crippen molar-refractivity contribution in [3.8, 4) is 5.82 Å². The highest BCUT2D eigenvalue weighted by atomic mass is 32.3. The van der Waals surface area contributed by atoms with Crippen LogP contribution >= 0.6 is 0 Å². The van der Waals surface area contributed by atoms with Crippen LogP contribution in [0.4, 0.5) is 3.89 Å². The van der Waals surface area contributed by atoms with Crippen molar-refractivity contribution in [2.45, 2.75) is 19.6 Å². The Labute approximate surface area is 104 Å². The minimum absolute atomic E-state index is 0.334. The monoisotopic (exact) mass is 269 g/mol. The zero-order valence-electron chi connectivity index (χ0n) is 9.96. The average Bonchev–Trinajstić information content (AvgIpc) is 2.58. The second-order valence-corrected chi connectivity index (χ2v) is 5.37. The smallest absolute Gasteiger partial charge is 0.234 e. The molecule has 2 rings (SSSR count). The number of hydrogen-bond acceptors (Lipinski definition) is 4. The van der Waals surface area contributed by atoms with Crippen molar-refractivity contribution >= 4 is 10.2 Å². The molecular formula is C11H12FN3O2S. The van der Waals surface area contributed by atoms with Crippen molar-refractivity contribution in [3.63, 3.8) is 0 Å². The van der Waals surface area contributed by atoms with Crippen LogP contribution < -0.4 is 0 Å². The van der Waals surface area contributed by atoms with Crippen LogP contribution in [0, 0.1) is 13.8 Å². The Hall–Kier alpha value is -1.76. The molecule has 0 saturated heterocycles. The van der Waals surface area contributed by atoms with Crippen LogP contribution in [-0.4, -0.2) is 23.2 Å². The summed E-state index contributed by atoms with van der Waals surface area (Å²) in [5.41, 5.74) is 1.63. The van der Waals surface area contributed by atoms with Crippen LogP contribution in [0.25, 0.3) is 5.82 Å². The van der Waals surface area contributed by atoms with E-state index in [0.717, 1.165) is 5.69 Å². The van der Waals surface area contributed by atoms with Gasteiger partial charge in [-0.05, 0) is 26.0 Å². The Kier molecular flexibility index (Phi) is 3.16. The van der Waals surface area contributed by atoms with Crippen LogP contribution in [0.15, 0.2) is 24.4 Å². The van der Waals surface area contributed by atoms with Crippen molar-refractivity contribution in [3.05, 3.63) is 41.3 Å². The number of nitrogens with zero attached hydrogens (tertiary/aromatic N) is 3. The van der Waals surface area contributed by atoms with Gasteiger partial charge in [0.15, 0.2) is 5.82 Å². The molecule has 2 aromatic heterocycles. The first kappa shape index (κ1) is 12.7. The molecule has 96 valence electrons. The van der Waals surface area contributed by atoms with E-state index in [9.17, 15) is 12.3 Å². The maximum Gasteiger partial charge on any atom is 0.306 e. The van der Waals surface area contributed by atoms with Crippen LogP contribution in [-0.2, 0) is 16.0 Å². The van der Waals surface area contributed by atoms with Crippen molar-refractivity contribution in [1.29, 1.82) is 0 Å². The molecule has 0 radical (unpaired) electrons. The molecule has 0 amide bonds. The summed E-state index contributed by atoms with van der Waals surface area (Å²) in [6.45, 7) is 3.47. The summed E-state index contributed by atoms with van der Waals surface area (Å²) in [4.78, 5) is 4.25. The first-order chi connectivity index (χ1) is 8.35. The molecule has 0 atom stereocenters. The van der Waals surface area contributed by atoms with Gasteiger partial charge >= 0.3 is 10.2 Å². The van der Waals surface area contributed by atoms with Gasteiger partial charge in [0, 0.05) is 17.5 Å². The fourth-order valence-corrected chi connectivity index (χ4v) is 2.25. The Bertz CT molecular complexity index is 679. The Morgan fingerprint density at radius 1 is 1.33 bits per heavy atom. The Morgan fingerprint density at radius 2 is 2.06 bits per heavy atom. The first-order valence-electron chi connectivity index (χ1n) is 5.27. The molecule has 0 bridgehead atoms. The molecule has 0 aliphatic heterocycles.